The zero-order valence-corrected chi connectivity index (χ0v) is 8.98. The molecule has 0 aliphatic carbocycles. The van der Waals surface area contributed by atoms with Crippen LogP contribution >= 0.6 is 15.9 Å². The van der Waals surface area contributed by atoms with Gasteiger partial charge in [-0.05, 0) is 13.0 Å². The van der Waals surface area contributed by atoms with E-state index in [1.165, 1.54) is 6.07 Å². The van der Waals surface area contributed by atoms with Gasteiger partial charge in [-0.25, -0.2) is 8.78 Å². The van der Waals surface area contributed by atoms with E-state index in [1.807, 2.05) is 6.07 Å². The largest absolute Gasteiger partial charge is 0.265 e. The lowest BCUT2D eigenvalue weighted by molar-refractivity contribution is 0.150. The van der Waals surface area contributed by atoms with Gasteiger partial charge in [-0.2, -0.15) is 5.26 Å². The first-order chi connectivity index (χ1) is 6.60. The van der Waals surface area contributed by atoms with Crippen LogP contribution in [0.2, 0.25) is 0 Å². The fourth-order valence-electron chi connectivity index (χ4n) is 1.08. The van der Waals surface area contributed by atoms with E-state index in [1.54, 1.807) is 6.92 Å². The van der Waals surface area contributed by atoms with Crippen molar-refractivity contribution in [1.29, 1.82) is 5.26 Å². The van der Waals surface area contributed by atoms with E-state index in [0.717, 1.165) is 0 Å². The molecule has 0 bridgehead atoms. The molecule has 0 unspecified atom stereocenters. The van der Waals surface area contributed by atoms with Crippen molar-refractivity contribution in [2.24, 2.45) is 0 Å². The van der Waals surface area contributed by atoms with Crippen LogP contribution in [0.1, 0.15) is 28.9 Å². The van der Waals surface area contributed by atoms with Crippen molar-refractivity contribution in [3.8, 4) is 6.07 Å². The molecule has 0 atom stereocenters. The van der Waals surface area contributed by atoms with Crippen LogP contribution in [0.25, 0.3) is 0 Å². The van der Waals surface area contributed by atoms with Crippen LogP contribution in [0.15, 0.2) is 6.07 Å². The van der Waals surface area contributed by atoms with Gasteiger partial charge in [-0.1, -0.05) is 15.9 Å². The lowest BCUT2D eigenvalue weighted by atomic mass is 10.1. The highest BCUT2D eigenvalue weighted by molar-refractivity contribution is 9.08. The average molecular weight is 261 g/mol. The second-order valence-corrected chi connectivity index (χ2v) is 3.26. The Morgan fingerprint density at radius 3 is 2.71 bits per heavy atom. The van der Waals surface area contributed by atoms with Gasteiger partial charge in [-0.15, -0.1) is 0 Å². The fourth-order valence-corrected chi connectivity index (χ4v) is 1.53. The van der Waals surface area contributed by atoms with Gasteiger partial charge in [0.05, 0.1) is 17.0 Å². The number of hydrogen-bond donors (Lipinski definition) is 0. The molecule has 0 saturated heterocycles. The molecular formula is C9H7BrF2N2. The summed E-state index contributed by atoms with van der Waals surface area (Å²) in [7, 11) is 0. The van der Waals surface area contributed by atoms with Crippen molar-refractivity contribution in [2.75, 3.05) is 0 Å². The zero-order valence-electron chi connectivity index (χ0n) is 7.39. The third-order valence-electron chi connectivity index (χ3n) is 1.81. The summed E-state index contributed by atoms with van der Waals surface area (Å²) in [5.74, 6) is 0. The van der Waals surface area contributed by atoms with Crippen LogP contribution in [-0.2, 0) is 5.33 Å². The number of rotatable bonds is 2. The van der Waals surface area contributed by atoms with E-state index in [2.05, 4.69) is 20.9 Å². The second kappa shape index (κ2) is 4.47. The number of pyridine rings is 1. The minimum atomic E-state index is -2.59. The van der Waals surface area contributed by atoms with Crippen LogP contribution in [-0.4, -0.2) is 4.98 Å². The Balaban J connectivity index is 3.34. The average Bonchev–Trinajstić information content (AvgIpc) is 2.16. The summed E-state index contributed by atoms with van der Waals surface area (Å²) < 4.78 is 25.0. The molecule has 0 spiro atoms. The Bertz CT molecular complexity index is 385. The van der Waals surface area contributed by atoms with Gasteiger partial charge in [-0.3, -0.25) is 4.98 Å². The summed E-state index contributed by atoms with van der Waals surface area (Å²) in [6, 6.07) is 3.03. The van der Waals surface area contributed by atoms with Crippen LogP contribution in [0.4, 0.5) is 8.78 Å². The Hall–Kier alpha value is -1.02. The number of aromatic nitrogens is 1. The molecule has 0 N–H and O–H groups in total. The van der Waals surface area contributed by atoms with E-state index in [4.69, 9.17) is 5.26 Å². The predicted octanol–water partition coefficient (Wildman–Crippen LogP) is 3.09. The molecule has 74 valence electrons. The van der Waals surface area contributed by atoms with Gasteiger partial charge in [0.15, 0.2) is 0 Å². The molecule has 14 heavy (non-hydrogen) atoms. The van der Waals surface area contributed by atoms with Crippen molar-refractivity contribution in [2.45, 2.75) is 18.7 Å². The molecule has 0 fully saturated rings. The Labute approximate surface area is 88.7 Å². The van der Waals surface area contributed by atoms with Gasteiger partial charge < -0.3 is 0 Å². The highest BCUT2D eigenvalue weighted by atomic mass is 79.9. The van der Waals surface area contributed by atoms with E-state index in [-0.39, 0.29) is 22.2 Å². The Morgan fingerprint density at radius 1 is 1.64 bits per heavy atom. The van der Waals surface area contributed by atoms with Crippen molar-refractivity contribution in [1.82, 2.24) is 4.98 Å². The van der Waals surface area contributed by atoms with Gasteiger partial charge >= 0.3 is 0 Å². The molecule has 0 aliphatic rings. The van der Waals surface area contributed by atoms with Crippen LogP contribution in [0, 0.1) is 18.3 Å². The van der Waals surface area contributed by atoms with Gasteiger partial charge in [0.25, 0.3) is 6.43 Å². The number of aryl methyl sites for hydroxylation is 1. The van der Waals surface area contributed by atoms with Crippen molar-refractivity contribution < 1.29 is 8.78 Å². The van der Waals surface area contributed by atoms with E-state index in [9.17, 15) is 8.78 Å². The third-order valence-corrected chi connectivity index (χ3v) is 2.34. The maximum absolute atomic E-state index is 12.5. The van der Waals surface area contributed by atoms with Crippen LogP contribution in [0.5, 0.6) is 0 Å². The molecular weight excluding hydrogens is 254 g/mol. The maximum atomic E-state index is 12.5. The molecule has 0 aliphatic heterocycles. The molecule has 0 radical (unpaired) electrons. The summed E-state index contributed by atoms with van der Waals surface area (Å²) in [6.45, 7) is 1.62. The summed E-state index contributed by atoms with van der Waals surface area (Å²) in [5.41, 5.74) is 0.789. The summed E-state index contributed by atoms with van der Waals surface area (Å²) in [4.78, 5) is 3.93. The maximum Gasteiger partial charge on any atom is 0.265 e. The first kappa shape index (κ1) is 11.1. The second-order valence-electron chi connectivity index (χ2n) is 2.70. The lowest BCUT2D eigenvalue weighted by Gasteiger charge is -2.07. The summed E-state index contributed by atoms with van der Waals surface area (Å²) >= 11 is 3.08. The number of halogens is 3. The topological polar surface area (TPSA) is 36.7 Å². The molecule has 1 aromatic heterocycles. The molecule has 0 amide bonds. The fraction of sp³-hybridized carbons (Fsp3) is 0.333. The number of alkyl halides is 3. The monoisotopic (exact) mass is 260 g/mol. The highest BCUT2D eigenvalue weighted by Gasteiger charge is 2.15. The minimum Gasteiger partial charge on any atom is -0.255 e. The van der Waals surface area contributed by atoms with Crippen molar-refractivity contribution >= 4 is 15.9 Å². The van der Waals surface area contributed by atoms with Gasteiger partial charge in [0, 0.05) is 10.9 Å². The predicted molar refractivity (Wildman–Crippen MR) is 51.3 cm³/mol. The number of nitrogens with zero attached hydrogens (tertiary/aromatic N) is 2. The highest BCUT2D eigenvalue weighted by Crippen LogP contribution is 2.25. The normalized spacial score (nSPS) is 10.3. The molecule has 0 saturated carbocycles. The van der Waals surface area contributed by atoms with Crippen molar-refractivity contribution in [3.63, 3.8) is 0 Å². The number of hydrogen-bond acceptors (Lipinski definition) is 2. The lowest BCUT2D eigenvalue weighted by Crippen LogP contribution is -2.00. The van der Waals surface area contributed by atoms with Crippen LogP contribution in [0.3, 0.4) is 0 Å². The minimum absolute atomic E-state index is 0.177. The smallest absolute Gasteiger partial charge is 0.255 e. The van der Waals surface area contributed by atoms with E-state index in [0.29, 0.717) is 5.69 Å². The first-order valence-electron chi connectivity index (χ1n) is 3.84. The zero-order chi connectivity index (χ0) is 10.7. The van der Waals surface area contributed by atoms with Crippen molar-refractivity contribution in [3.05, 3.63) is 28.6 Å². The molecule has 1 heterocycles. The third kappa shape index (κ3) is 2.07. The van der Waals surface area contributed by atoms with E-state index >= 15 is 0 Å². The van der Waals surface area contributed by atoms with Gasteiger partial charge in [0.1, 0.15) is 6.07 Å². The Morgan fingerprint density at radius 2 is 2.29 bits per heavy atom. The molecule has 2 nitrogen and oxygen atoms in total. The summed E-state index contributed by atoms with van der Waals surface area (Å²) in [6.07, 6.45) is -2.59. The molecule has 1 rings (SSSR count). The van der Waals surface area contributed by atoms with E-state index < -0.39 is 6.43 Å². The summed E-state index contributed by atoms with van der Waals surface area (Å²) in [5, 5.41) is 8.90. The van der Waals surface area contributed by atoms with Gasteiger partial charge in [0.2, 0.25) is 0 Å². The standard InChI is InChI=1S/C9H7BrF2N2/c1-5-6(4-13)2-7(9(11)12)8(3-10)14-5/h2,9H,3H2,1H3. The quantitative estimate of drug-likeness (QED) is 0.767. The molecule has 0 aromatic carbocycles. The molecule has 5 heteroatoms. The first-order valence-corrected chi connectivity index (χ1v) is 4.97. The SMILES string of the molecule is Cc1nc(CBr)c(C(F)F)cc1C#N. The number of nitriles is 1. The van der Waals surface area contributed by atoms with Crippen LogP contribution < -0.4 is 0 Å². The molecule has 1 aromatic rings. The Kier molecular flexibility index (Phi) is 3.53.